The molecule has 0 fully saturated rings. The molecule has 1 unspecified atom stereocenters. The number of hydrogen-bond donors (Lipinski definition) is 1. The lowest BCUT2D eigenvalue weighted by molar-refractivity contribution is 0.174. The van der Waals surface area contributed by atoms with Gasteiger partial charge in [-0.1, -0.05) is 34.6 Å². The number of ether oxygens (including phenoxy) is 1. The van der Waals surface area contributed by atoms with Crippen LogP contribution in [0, 0.1) is 5.41 Å². The highest BCUT2D eigenvalue weighted by Crippen LogP contribution is 2.60. The van der Waals surface area contributed by atoms with Gasteiger partial charge in [0.25, 0.3) is 0 Å². The smallest absolute Gasteiger partial charge is 0.216 e. The largest absolute Gasteiger partial charge is 0.481 e. The number of rotatable bonds is 3. The van der Waals surface area contributed by atoms with E-state index in [4.69, 9.17) is 4.74 Å². The second-order valence-corrected chi connectivity index (χ2v) is 7.11. The summed E-state index contributed by atoms with van der Waals surface area (Å²) >= 11 is 0. The van der Waals surface area contributed by atoms with Gasteiger partial charge >= 0.3 is 0 Å². The molecule has 0 spiro atoms. The molecule has 0 aliphatic heterocycles. The number of nitrogens with one attached hydrogen (secondary N) is 1. The number of aromatic amines is 1. The van der Waals surface area contributed by atoms with Crippen molar-refractivity contribution in [3.8, 4) is 17.3 Å². The van der Waals surface area contributed by atoms with Gasteiger partial charge in [-0.25, -0.2) is 9.97 Å². The summed E-state index contributed by atoms with van der Waals surface area (Å²) in [5.74, 6) is 1.01. The lowest BCUT2D eigenvalue weighted by Crippen LogP contribution is -2.35. The molecule has 22 heavy (non-hydrogen) atoms. The van der Waals surface area contributed by atoms with Gasteiger partial charge < -0.3 is 4.74 Å². The van der Waals surface area contributed by atoms with Crippen LogP contribution in [0.1, 0.15) is 58.2 Å². The Morgan fingerprint density at radius 1 is 1.23 bits per heavy atom. The summed E-state index contributed by atoms with van der Waals surface area (Å²) in [6.07, 6.45) is 2.61. The van der Waals surface area contributed by atoms with Crippen LogP contribution in [0.15, 0.2) is 12.4 Å². The highest BCUT2D eigenvalue weighted by atomic mass is 16.5. The SMILES string of the molecule is CCC1c2c(-c3cc(OC)ncn3)n[nH]c2C(C)(C)C1(C)C. The molecular weight excluding hydrogens is 276 g/mol. The molecule has 1 aliphatic carbocycles. The number of fused-ring (bicyclic) bond motifs is 1. The maximum absolute atomic E-state index is 5.22. The highest BCUT2D eigenvalue weighted by molar-refractivity contribution is 5.65. The van der Waals surface area contributed by atoms with Gasteiger partial charge in [-0.15, -0.1) is 0 Å². The van der Waals surface area contributed by atoms with E-state index in [1.807, 2.05) is 6.07 Å². The Labute approximate surface area is 131 Å². The van der Waals surface area contributed by atoms with Crippen LogP contribution in [-0.4, -0.2) is 27.3 Å². The van der Waals surface area contributed by atoms with Crippen molar-refractivity contribution in [2.45, 2.75) is 52.4 Å². The molecule has 5 heteroatoms. The molecule has 1 atom stereocenters. The van der Waals surface area contributed by atoms with Gasteiger partial charge in [0.15, 0.2) is 0 Å². The van der Waals surface area contributed by atoms with E-state index >= 15 is 0 Å². The molecule has 0 saturated carbocycles. The van der Waals surface area contributed by atoms with E-state index in [2.05, 4.69) is 54.8 Å². The van der Waals surface area contributed by atoms with Crippen molar-refractivity contribution in [2.75, 3.05) is 7.11 Å². The fraction of sp³-hybridized carbons (Fsp3) is 0.588. The quantitative estimate of drug-likeness (QED) is 0.939. The first-order chi connectivity index (χ1) is 10.3. The first kappa shape index (κ1) is 15.0. The van der Waals surface area contributed by atoms with Crippen molar-refractivity contribution in [2.24, 2.45) is 5.41 Å². The normalized spacial score (nSPS) is 21.6. The molecule has 0 saturated heterocycles. The summed E-state index contributed by atoms with van der Waals surface area (Å²) in [6.45, 7) is 11.5. The average molecular weight is 300 g/mol. The van der Waals surface area contributed by atoms with E-state index in [0.717, 1.165) is 17.8 Å². The van der Waals surface area contributed by atoms with E-state index in [9.17, 15) is 0 Å². The third-order valence-electron chi connectivity index (χ3n) is 5.76. The molecule has 2 heterocycles. The topological polar surface area (TPSA) is 63.7 Å². The monoisotopic (exact) mass is 300 g/mol. The van der Waals surface area contributed by atoms with E-state index in [1.54, 1.807) is 7.11 Å². The summed E-state index contributed by atoms with van der Waals surface area (Å²) in [5, 5.41) is 7.85. The molecule has 0 amide bonds. The molecule has 5 nitrogen and oxygen atoms in total. The van der Waals surface area contributed by atoms with E-state index in [-0.39, 0.29) is 10.8 Å². The Morgan fingerprint density at radius 3 is 2.59 bits per heavy atom. The standard InChI is InChI=1S/C17H24N4O/c1-7-10-13-14(11-8-12(22-6)19-9-18-11)20-21-15(13)17(4,5)16(10,2)3/h8-10H,7H2,1-6H3,(H,20,21). The number of H-pyrrole nitrogens is 1. The lowest BCUT2D eigenvalue weighted by atomic mass is 9.65. The van der Waals surface area contributed by atoms with E-state index in [0.29, 0.717) is 11.8 Å². The van der Waals surface area contributed by atoms with Crippen LogP contribution in [0.25, 0.3) is 11.4 Å². The number of methoxy groups -OCH3 is 1. The molecule has 118 valence electrons. The number of nitrogens with zero attached hydrogens (tertiary/aromatic N) is 3. The Kier molecular flexibility index (Phi) is 3.27. The molecule has 1 N–H and O–H groups in total. The van der Waals surface area contributed by atoms with Gasteiger partial charge in [0.2, 0.25) is 5.88 Å². The van der Waals surface area contributed by atoms with Crippen LogP contribution in [-0.2, 0) is 5.41 Å². The third kappa shape index (κ3) is 1.81. The minimum atomic E-state index is 0.0470. The first-order valence-electron chi connectivity index (χ1n) is 7.79. The van der Waals surface area contributed by atoms with Gasteiger partial charge in [0, 0.05) is 22.7 Å². The van der Waals surface area contributed by atoms with Gasteiger partial charge in [-0.05, 0) is 17.8 Å². The van der Waals surface area contributed by atoms with Crippen LogP contribution in [0.5, 0.6) is 5.88 Å². The molecule has 2 aromatic heterocycles. The van der Waals surface area contributed by atoms with Gasteiger partial charge in [0.1, 0.15) is 12.0 Å². The van der Waals surface area contributed by atoms with Crippen molar-refractivity contribution >= 4 is 0 Å². The zero-order chi connectivity index (χ0) is 16.1. The Balaban J connectivity index is 2.20. The summed E-state index contributed by atoms with van der Waals surface area (Å²) in [4.78, 5) is 8.48. The number of hydrogen-bond acceptors (Lipinski definition) is 4. The lowest BCUT2D eigenvalue weighted by Gasteiger charge is -2.39. The maximum Gasteiger partial charge on any atom is 0.216 e. The maximum atomic E-state index is 5.22. The Bertz CT molecular complexity index is 702. The van der Waals surface area contributed by atoms with Crippen molar-refractivity contribution in [1.82, 2.24) is 20.2 Å². The predicted molar refractivity (Wildman–Crippen MR) is 86.0 cm³/mol. The predicted octanol–water partition coefficient (Wildman–Crippen LogP) is 3.69. The van der Waals surface area contributed by atoms with Gasteiger partial charge in [0.05, 0.1) is 12.8 Å². The van der Waals surface area contributed by atoms with Gasteiger partial charge in [-0.2, -0.15) is 5.10 Å². The minimum absolute atomic E-state index is 0.0470. The Hall–Kier alpha value is -1.91. The first-order valence-corrected chi connectivity index (χ1v) is 7.79. The van der Waals surface area contributed by atoms with Crippen LogP contribution in [0.3, 0.4) is 0 Å². The third-order valence-corrected chi connectivity index (χ3v) is 5.76. The minimum Gasteiger partial charge on any atom is -0.481 e. The van der Waals surface area contributed by atoms with E-state index < -0.39 is 0 Å². The van der Waals surface area contributed by atoms with Crippen molar-refractivity contribution in [1.29, 1.82) is 0 Å². The molecule has 1 aliphatic rings. The van der Waals surface area contributed by atoms with Gasteiger partial charge in [-0.3, -0.25) is 5.10 Å². The molecule has 0 bridgehead atoms. The summed E-state index contributed by atoms with van der Waals surface area (Å²) in [5.41, 5.74) is 4.50. The fourth-order valence-electron chi connectivity index (χ4n) is 3.78. The zero-order valence-electron chi connectivity index (χ0n) is 14.2. The molecule has 0 radical (unpaired) electrons. The second kappa shape index (κ2) is 4.80. The van der Waals surface area contributed by atoms with Crippen molar-refractivity contribution in [3.05, 3.63) is 23.7 Å². The average Bonchev–Trinajstić information content (AvgIpc) is 2.97. The molecule has 0 aromatic carbocycles. The van der Waals surface area contributed by atoms with Crippen molar-refractivity contribution in [3.63, 3.8) is 0 Å². The number of aromatic nitrogens is 4. The van der Waals surface area contributed by atoms with Crippen LogP contribution >= 0.6 is 0 Å². The molecule has 3 rings (SSSR count). The fourth-order valence-corrected chi connectivity index (χ4v) is 3.78. The molecule has 2 aromatic rings. The summed E-state index contributed by atoms with van der Waals surface area (Å²) < 4.78 is 5.22. The molecular formula is C17H24N4O. The Morgan fingerprint density at radius 2 is 1.95 bits per heavy atom. The van der Waals surface area contributed by atoms with Crippen LogP contribution in [0.4, 0.5) is 0 Å². The van der Waals surface area contributed by atoms with E-state index in [1.165, 1.54) is 17.6 Å². The summed E-state index contributed by atoms with van der Waals surface area (Å²) in [6, 6.07) is 1.85. The van der Waals surface area contributed by atoms with Crippen molar-refractivity contribution < 1.29 is 4.74 Å². The summed E-state index contributed by atoms with van der Waals surface area (Å²) in [7, 11) is 1.61. The highest BCUT2D eigenvalue weighted by Gasteiger charge is 2.54. The van der Waals surface area contributed by atoms with Crippen LogP contribution < -0.4 is 4.74 Å². The van der Waals surface area contributed by atoms with Crippen LogP contribution in [0.2, 0.25) is 0 Å². The second-order valence-electron chi connectivity index (χ2n) is 7.11. The zero-order valence-corrected chi connectivity index (χ0v) is 14.2.